The molecule has 2 amide bonds. The normalized spacial score (nSPS) is 11.4. The quantitative estimate of drug-likeness (QED) is 0.633. The summed E-state index contributed by atoms with van der Waals surface area (Å²) >= 11 is 0. The molecule has 0 spiro atoms. The molecular weight excluding hydrogens is 220 g/mol. The molecule has 0 aliphatic carbocycles. The van der Waals surface area contributed by atoms with Crippen molar-refractivity contribution in [2.24, 2.45) is 0 Å². The maximum Gasteiger partial charge on any atom is 0.318 e. The Hall–Kier alpha value is -1.78. The van der Waals surface area contributed by atoms with E-state index in [1.807, 2.05) is 6.92 Å². The summed E-state index contributed by atoms with van der Waals surface area (Å²) in [4.78, 5) is 23.9. The SMILES string of the molecule is C=CCN(CC=C)C(=O)NC(CC)CC(=O)O. The van der Waals surface area contributed by atoms with Gasteiger partial charge >= 0.3 is 12.0 Å². The lowest BCUT2D eigenvalue weighted by atomic mass is 10.1. The summed E-state index contributed by atoms with van der Waals surface area (Å²) in [5.41, 5.74) is 0. The highest BCUT2D eigenvalue weighted by Crippen LogP contribution is 2.00. The van der Waals surface area contributed by atoms with Gasteiger partial charge in [0.05, 0.1) is 6.42 Å². The maximum absolute atomic E-state index is 11.8. The Morgan fingerprint density at radius 2 is 1.88 bits per heavy atom. The van der Waals surface area contributed by atoms with Gasteiger partial charge in [0.1, 0.15) is 0 Å². The molecule has 1 atom stereocenters. The second-order valence-electron chi connectivity index (χ2n) is 3.63. The lowest BCUT2D eigenvalue weighted by molar-refractivity contribution is -0.137. The Kier molecular flexibility index (Phi) is 7.50. The second-order valence-corrected chi connectivity index (χ2v) is 3.63. The fourth-order valence-electron chi connectivity index (χ4n) is 1.33. The number of hydrogen-bond donors (Lipinski definition) is 2. The molecule has 1 unspecified atom stereocenters. The van der Waals surface area contributed by atoms with Gasteiger partial charge in [-0.15, -0.1) is 13.2 Å². The Bertz CT molecular complexity index is 279. The molecule has 96 valence electrons. The lowest BCUT2D eigenvalue weighted by Gasteiger charge is -2.23. The van der Waals surface area contributed by atoms with Crippen molar-refractivity contribution in [3.63, 3.8) is 0 Å². The predicted octanol–water partition coefficient (Wildman–Crippen LogP) is 1.62. The first-order chi connectivity index (χ1) is 8.04. The minimum Gasteiger partial charge on any atom is -0.481 e. The van der Waals surface area contributed by atoms with Crippen molar-refractivity contribution >= 4 is 12.0 Å². The average Bonchev–Trinajstić information content (AvgIpc) is 2.27. The number of carboxylic acids is 1. The number of aliphatic carboxylic acids is 1. The monoisotopic (exact) mass is 240 g/mol. The highest BCUT2D eigenvalue weighted by Gasteiger charge is 2.17. The van der Waals surface area contributed by atoms with Crippen molar-refractivity contribution in [2.45, 2.75) is 25.8 Å². The van der Waals surface area contributed by atoms with E-state index in [1.54, 1.807) is 12.2 Å². The Balaban J connectivity index is 4.38. The lowest BCUT2D eigenvalue weighted by Crippen LogP contribution is -2.45. The van der Waals surface area contributed by atoms with Gasteiger partial charge in [-0.25, -0.2) is 4.79 Å². The molecule has 0 bridgehead atoms. The van der Waals surface area contributed by atoms with E-state index < -0.39 is 5.97 Å². The number of nitrogens with zero attached hydrogens (tertiary/aromatic N) is 1. The molecule has 2 N–H and O–H groups in total. The molecule has 0 rings (SSSR count). The van der Waals surface area contributed by atoms with E-state index in [-0.39, 0.29) is 18.5 Å². The van der Waals surface area contributed by atoms with E-state index in [0.29, 0.717) is 19.5 Å². The van der Waals surface area contributed by atoms with E-state index in [4.69, 9.17) is 5.11 Å². The zero-order chi connectivity index (χ0) is 13.3. The number of rotatable bonds is 8. The number of nitrogens with one attached hydrogen (secondary N) is 1. The molecule has 0 aliphatic rings. The van der Waals surface area contributed by atoms with E-state index >= 15 is 0 Å². The molecule has 0 aromatic heterocycles. The van der Waals surface area contributed by atoms with Crippen LogP contribution in [0.4, 0.5) is 4.79 Å². The van der Waals surface area contributed by atoms with E-state index in [1.165, 1.54) is 4.90 Å². The number of carbonyl (C=O) groups excluding carboxylic acids is 1. The third-order valence-corrected chi connectivity index (χ3v) is 2.23. The zero-order valence-electron chi connectivity index (χ0n) is 10.2. The smallest absolute Gasteiger partial charge is 0.318 e. The summed E-state index contributed by atoms with van der Waals surface area (Å²) in [6, 6.07) is -0.643. The van der Waals surface area contributed by atoms with Crippen molar-refractivity contribution in [3.8, 4) is 0 Å². The van der Waals surface area contributed by atoms with Crippen LogP contribution in [-0.2, 0) is 4.79 Å². The molecule has 0 aliphatic heterocycles. The summed E-state index contributed by atoms with van der Waals surface area (Å²) in [7, 11) is 0. The number of carbonyl (C=O) groups is 2. The van der Waals surface area contributed by atoms with Crippen molar-refractivity contribution in [3.05, 3.63) is 25.3 Å². The number of amides is 2. The summed E-state index contributed by atoms with van der Waals surface area (Å²) in [6.45, 7) is 9.77. The van der Waals surface area contributed by atoms with Crippen LogP contribution in [0, 0.1) is 0 Å². The van der Waals surface area contributed by atoms with Gasteiger partial charge in [0.2, 0.25) is 0 Å². The first-order valence-electron chi connectivity index (χ1n) is 5.54. The minimum atomic E-state index is -0.920. The molecule has 0 saturated heterocycles. The van der Waals surface area contributed by atoms with Crippen molar-refractivity contribution in [2.75, 3.05) is 13.1 Å². The van der Waals surface area contributed by atoms with Crippen LogP contribution in [0.1, 0.15) is 19.8 Å². The summed E-state index contributed by atoms with van der Waals surface area (Å²) in [6.07, 6.45) is 3.73. The average molecular weight is 240 g/mol. The molecule has 17 heavy (non-hydrogen) atoms. The molecule has 5 nitrogen and oxygen atoms in total. The maximum atomic E-state index is 11.8. The van der Waals surface area contributed by atoms with Crippen LogP contribution in [0.15, 0.2) is 25.3 Å². The van der Waals surface area contributed by atoms with Gasteiger partial charge in [-0.2, -0.15) is 0 Å². The molecule has 5 heteroatoms. The highest BCUT2D eigenvalue weighted by atomic mass is 16.4. The largest absolute Gasteiger partial charge is 0.481 e. The highest BCUT2D eigenvalue weighted by molar-refractivity contribution is 5.76. The van der Waals surface area contributed by atoms with Gasteiger partial charge in [0, 0.05) is 19.1 Å². The second kappa shape index (κ2) is 8.38. The summed E-state index contributed by atoms with van der Waals surface area (Å²) in [5.74, 6) is -0.920. The van der Waals surface area contributed by atoms with Gasteiger partial charge in [-0.3, -0.25) is 4.79 Å². The third kappa shape index (κ3) is 6.40. The predicted molar refractivity (Wildman–Crippen MR) is 66.8 cm³/mol. The molecule has 0 saturated carbocycles. The summed E-state index contributed by atoms with van der Waals surface area (Å²) < 4.78 is 0. The van der Waals surface area contributed by atoms with Gasteiger partial charge in [0.15, 0.2) is 0 Å². The first kappa shape index (κ1) is 15.2. The molecule has 0 heterocycles. The van der Waals surface area contributed by atoms with Crippen molar-refractivity contribution < 1.29 is 14.7 Å². The Morgan fingerprint density at radius 1 is 1.35 bits per heavy atom. The molecule has 0 aromatic rings. The van der Waals surface area contributed by atoms with E-state index in [0.717, 1.165) is 0 Å². The number of urea groups is 1. The first-order valence-corrected chi connectivity index (χ1v) is 5.54. The fraction of sp³-hybridized carbons (Fsp3) is 0.500. The van der Waals surface area contributed by atoms with Crippen LogP contribution < -0.4 is 5.32 Å². The molecule has 0 radical (unpaired) electrons. The van der Waals surface area contributed by atoms with E-state index in [2.05, 4.69) is 18.5 Å². The number of hydrogen-bond acceptors (Lipinski definition) is 2. The topological polar surface area (TPSA) is 69.6 Å². The zero-order valence-corrected chi connectivity index (χ0v) is 10.2. The third-order valence-electron chi connectivity index (χ3n) is 2.23. The minimum absolute atomic E-state index is 0.0712. The summed E-state index contributed by atoms with van der Waals surface area (Å²) in [5, 5.41) is 11.4. The molecule has 0 fully saturated rings. The van der Waals surface area contributed by atoms with Crippen LogP contribution in [-0.4, -0.2) is 41.1 Å². The van der Waals surface area contributed by atoms with Crippen LogP contribution in [0.25, 0.3) is 0 Å². The van der Waals surface area contributed by atoms with Crippen molar-refractivity contribution in [1.82, 2.24) is 10.2 Å². The molecule has 0 aromatic carbocycles. The van der Waals surface area contributed by atoms with Gasteiger partial charge in [0.25, 0.3) is 0 Å². The standard InChI is InChI=1S/C12H20N2O3/c1-4-7-14(8-5-2)12(17)13-10(6-3)9-11(15)16/h4-5,10H,1-2,6-9H2,3H3,(H,13,17)(H,15,16). The molecular formula is C12H20N2O3. The van der Waals surface area contributed by atoms with Crippen LogP contribution >= 0.6 is 0 Å². The van der Waals surface area contributed by atoms with E-state index in [9.17, 15) is 9.59 Å². The van der Waals surface area contributed by atoms with Crippen LogP contribution in [0.5, 0.6) is 0 Å². The van der Waals surface area contributed by atoms with Crippen LogP contribution in [0.2, 0.25) is 0 Å². The van der Waals surface area contributed by atoms with Crippen molar-refractivity contribution in [1.29, 1.82) is 0 Å². The van der Waals surface area contributed by atoms with Gasteiger partial charge in [-0.1, -0.05) is 19.1 Å². The fourth-order valence-corrected chi connectivity index (χ4v) is 1.33. The van der Waals surface area contributed by atoms with Gasteiger partial charge < -0.3 is 15.3 Å². The number of carboxylic acid groups (broad SMARTS) is 1. The van der Waals surface area contributed by atoms with Crippen LogP contribution in [0.3, 0.4) is 0 Å². The Morgan fingerprint density at radius 3 is 2.24 bits per heavy atom. The van der Waals surface area contributed by atoms with Gasteiger partial charge in [-0.05, 0) is 6.42 Å². The Labute approximate surface area is 102 Å².